The van der Waals surface area contributed by atoms with Crippen LogP contribution in [0.4, 0.5) is 5.13 Å². The predicted octanol–water partition coefficient (Wildman–Crippen LogP) is 6.18. The first-order chi connectivity index (χ1) is 31.3. The van der Waals surface area contributed by atoms with Gasteiger partial charge in [-0.05, 0) is 46.5 Å². The minimum atomic E-state index is -0.980. The molecule has 9 rings (SSSR count). The molecule has 0 spiro atoms. The van der Waals surface area contributed by atoms with Gasteiger partial charge in [0.15, 0.2) is 21.9 Å². The number of methoxy groups -OCH3 is 1. The van der Waals surface area contributed by atoms with Crippen molar-refractivity contribution in [3.05, 3.63) is 184 Å². The molecule has 0 bridgehead atoms. The molecule has 2 aliphatic rings. The summed E-state index contributed by atoms with van der Waals surface area (Å²) in [5, 5.41) is 17.0. The van der Waals surface area contributed by atoms with Crippen molar-refractivity contribution in [2.24, 2.45) is 12.2 Å². The molecule has 2 aliphatic heterocycles. The van der Waals surface area contributed by atoms with E-state index in [0.717, 1.165) is 33.3 Å². The molecule has 16 heteroatoms. The van der Waals surface area contributed by atoms with Crippen LogP contribution in [-0.4, -0.2) is 74.7 Å². The van der Waals surface area contributed by atoms with Crippen molar-refractivity contribution in [2.75, 3.05) is 25.3 Å². The summed E-state index contributed by atoms with van der Waals surface area (Å²) >= 11 is 2.75. The summed E-state index contributed by atoms with van der Waals surface area (Å²) in [5.74, 6) is -0.736. The molecule has 2 aromatic heterocycles. The Morgan fingerprint density at radius 1 is 0.859 bits per heavy atom. The molecule has 0 unspecified atom stereocenters. The van der Waals surface area contributed by atoms with Crippen LogP contribution in [-0.2, 0) is 49.7 Å². The zero-order valence-electron chi connectivity index (χ0n) is 35.1. The summed E-state index contributed by atoms with van der Waals surface area (Å²) < 4.78 is 14.7. The first-order valence-electron chi connectivity index (χ1n) is 20.4. The summed E-state index contributed by atoms with van der Waals surface area (Å²) in [7, 11) is 4.78. The minimum Gasteiger partial charge on any atom is -0.497 e. The van der Waals surface area contributed by atoms with Crippen LogP contribution >= 0.6 is 23.1 Å². The summed E-state index contributed by atoms with van der Waals surface area (Å²) in [5.41, 5.74) is 5.56. The number of hydrogen-bond acceptors (Lipinski definition) is 12. The van der Waals surface area contributed by atoms with Crippen molar-refractivity contribution in [1.82, 2.24) is 25.1 Å². The van der Waals surface area contributed by atoms with Gasteiger partial charge in [-0.15, -0.1) is 32.5 Å². The van der Waals surface area contributed by atoms with Crippen molar-refractivity contribution < 1.29 is 33.4 Å². The van der Waals surface area contributed by atoms with Gasteiger partial charge in [0.25, 0.3) is 11.8 Å². The number of esters is 1. The van der Waals surface area contributed by atoms with E-state index in [-0.39, 0.29) is 30.3 Å². The van der Waals surface area contributed by atoms with Crippen LogP contribution in [0.5, 0.6) is 5.75 Å². The van der Waals surface area contributed by atoms with Crippen LogP contribution in [0, 0.1) is 0 Å². The lowest BCUT2D eigenvalue weighted by atomic mass is 9.77. The van der Waals surface area contributed by atoms with E-state index in [1.807, 2.05) is 98.0 Å². The van der Waals surface area contributed by atoms with Gasteiger partial charge in [0.05, 0.1) is 12.3 Å². The molecule has 2 N–H and O–H groups in total. The quantitative estimate of drug-likeness (QED) is 0.0305. The van der Waals surface area contributed by atoms with Crippen molar-refractivity contribution >= 4 is 62.8 Å². The van der Waals surface area contributed by atoms with Crippen LogP contribution in [0.3, 0.4) is 0 Å². The fraction of sp³-hybridized carbons (Fsp3) is 0.188. The average molecular weight is 892 g/mol. The third kappa shape index (κ3) is 7.97. The molecule has 7 aromatic rings. The monoisotopic (exact) mass is 891 g/mol. The number of thiazole rings is 1. The zero-order chi connectivity index (χ0) is 44.2. The first kappa shape index (κ1) is 42.0. The van der Waals surface area contributed by atoms with Gasteiger partial charge in [-0.25, -0.2) is 9.78 Å². The Morgan fingerprint density at radius 2 is 1.48 bits per heavy atom. The van der Waals surface area contributed by atoms with E-state index in [1.165, 1.54) is 35.1 Å². The van der Waals surface area contributed by atoms with Crippen LogP contribution in [0.1, 0.15) is 27.9 Å². The number of rotatable bonds is 15. The van der Waals surface area contributed by atoms with Crippen molar-refractivity contribution in [2.45, 2.75) is 30.1 Å². The number of β-lactam (4-membered cyclic amide) rings is 1. The second-order valence-corrected chi connectivity index (χ2v) is 17.0. The van der Waals surface area contributed by atoms with Crippen LogP contribution in [0.25, 0.3) is 11.0 Å². The Hall–Kier alpha value is -7.30. The molecular weight excluding hydrogens is 849 g/mol. The maximum atomic E-state index is 14.2. The Morgan fingerprint density at radius 3 is 2.11 bits per heavy atom. The molecule has 2 atom stereocenters. The number of amides is 2. The van der Waals surface area contributed by atoms with E-state index in [1.54, 1.807) is 34.0 Å². The Bertz CT molecular complexity index is 2790. The molecule has 5 aromatic carbocycles. The Kier molecular flexibility index (Phi) is 11.9. The number of fused-ring (bicyclic) bond motifs is 2. The molecule has 1 saturated heterocycles. The SMILES string of the molecule is CO/N=C(\C(=O)N[C@@H]1C(=O)N2C(C(=O)OCc3ccc(OC)cc3)=C(Cn3n[n+](C)c4ccccc43)CS[C@H]12)c1csc(NC(c2ccccc2)(c2ccccc2)c2ccccc2)n1. The molecule has 0 saturated carbocycles. The number of aryl methyl sites for hydroxylation is 1. The molecule has 0 aliphatic carbocycles. The van der Waals surface area contributed by atoms with Gasteiger partial charge in [0.2, 0.25) is 0 Å². The Labute approximate surface area is 377 Å². The maximum Gasteiger partial charge on any atom is 0.355 e. The van der Waals surface area contributed by atoms with Gasteiger partial charge >= 0.3 is 5.97 Å². The van der Waals surface area contributed by atoms with Crippen molar-refractivity contribution in [3.63, 3.8) is 0 Å². The van der Waals surface area contributed by atoms with Crippen molar-refractivity contribution in [1.29, 1.82) is 0 Å². The lowest BCUT2D eigenvalue weighted by Gasteiger charge is -2.49. The number of thioether (sulfide) groups is 1. The third-order valence-electron chi connectivity index (χ3n) is 11.2. The van der Waals surface area contributed by atoms with E-state index in [9.17, 15) is 14.4 Å². The van der Waals surface area contributed by atoms with E-state index in [4.69, 9.17) is 19.3 Å². The number of ether oxygens (including phenoxy) is 2. The van der Waals surface area contributed by atoms with Gasteiger partial charge in [-0.3, -0.25) is 14.5 Å². The third-order valence-corrected chi connectivity index (χ3v) is 13.3. The van der Waals surface area contributed by atoms with E-state index >= 15 is 0 Å². The molecule has 2 amide bonds. The summed E-state index contributed by atoms with van der Waals surface area (Å²) in [6, 6.07) is 44.3. The number of benzene rings is 5. The zero-order valence-corrected chi connectivity index (χ0v) is 36.7. The predicted molar refractivity (Wildman–Crippen MR) is 244 cm³/mol. The van der Waals surface area contributed by atoms with Gasteiger partial charge in [-0.1, -0.05) is 120 Å². The van der Waals surface area contributed by atoms with Gasteiger partial charge in [0.1, 0.15) is 61.4 Å². The van der Waals surface area contributed by atoms with Crippen LogP contribution in [0.15, 0.2) is 161 Å². The Balaban J connectivity index is 0.978. The highest BCUT2D eigenvalue weighted by Crippen LogP contribution is 2.43. The number of para-hydroxylation sites is 2. The van der Waals surface area contributed by atoms with Crippen molar-refractivity contribution in [3.8, 4) is 5.75 Å². The fourth-order valence-electron chi connectivity index (χ4n) is 8.13. The van der Waals surface area contributed by atoms with E-state index in [2.05, 4.69) is 57.4 Å². The number of nitrogens with zero attached hydrogens (tertiary/aromatic N) is 6. The number of carbonyl (C=O) groups excluding carboxylic acids is 3. The average Bonchev–Trinajstić information content (AvgIpc) is 3.94. The van der Waals surface area contributed by atoms with Gasteiger partial charge in [-0.2, -0.15) is 0 Å². The molecule has 64 heavy (non-hydrogen) atoms. The number of hydrogen-bond donors (Lipinski definition) is 2. The maximum absolute atomic E-state index is 14.2. The molecular formula is C48H43N8O6S2+. The van der Waals surface area contributed by atoms with E-state index in [0.29, 0.717) is 22.2 Å². The normalized spacial score (nSPS) is 16.2. The molecule has 14 nitrogen and oxygen atoms in total. The lowest BCUT2D eigenvalue weighted by molar-refractivity contribution is -0.709. The highest BCUT2D eigenvalue weighted by atomic mass is 32.2. The smallest absolute Gasteiger partial charge is 0.355 e. The summed E-state index contributed by atoms with van der Waals surface area (Å²) in [4.78, 5) is 54.0. The van der Waals surface area contributed by atoms with Gasteiger partial charge in [0, 0.05) is 16.7 Å². The van der Waals surface area contributed by atoms with Crippen LogP contribution in [0.2, 0.25) is 0 Å². The highest BCUT2D eigenvalue weighted by molar-refractivity contribution is 8.00. The number of aromatic nitrogens is 4. The lowest BCUT2D eigenvalue weighted by Crippen LogP contribution is -2.71. The number of anilines is 1. The van der Waals surface area contributed by atoms with E-state index < -0.39 is 34.7 Å². The largest absolute Gasteiger partial charge is 0.497 e. The highest BCUT2D eigenvalue weighted by Gasteiger charge is 2.55. The standard InChI is InChI=1S/C48H42N8O6S2/c1-54-38-21-13-14-22-39(38)55(53-54)27-32-29-63-45-41(44(58)56(45)42(32)46(59)62-28-31-23-25-36(60-2)26-24-31)50-43(57)40(52-61-3)37-30-64-47(49-37)51-48(33-15-7-4-8-16-33,34-17-9-5-10-18-34)35-19-11-6-12-20-35/h4-26,30,41,45H,27-29H2,1-3H3,(H-,49,50,51,57)/p+1/b52-40-/t41-,45-/m1/s1. The molecule has 4 heterocycles. The summed E-state index contributed by atoms with van der Waals surface area (Å²) in [6.45, 7) is 0.212. The van der Waals surface area contributed by atoms with Gasteiger partial charge < -0.3 is 24.9 Å². The fourth-order valence-corrected chi connectivity index (χ4v) is 10.2. The number of carbonyl (C=O) groups is 3. The second-order valence-electron chi connectivity index (χ2n) is 15.0. The topological polar surface area (TPSA) is 153 Å². The number of nitrogens with one attached hydrogen (secondary N) is 2. The molecule has 322 valence electrons. The van der Waals surface area contributed by atoms with Crippen LogP contribution < -0.4 is 20.1 Å². The molecule has 0 radical (unpaired) electrons. The first-order valence-corrected chi connectivity index (χ1v) is 22.3. The summed E-state index contributed by atoms with van der Waals surface area (Å²) in [6.07, 6.45) is 0. The molecule has 1 fully saturated rings. The minimum absolute atomic E-state index is 0.0240. The second kappa shape index (κ2) is 18.2. The number of oxime groups is 1.